The van der Waals surface area contributed by atoms with Crippen molar-refractivity contribution >= 4 is 28.3 Å². The number of anilines is 1. The van der Waals surface area contributed by atoms with E-state index < -0.39 is 0 Å². The number of carbonyl (C=O) groups is 2. The van der Waals surface area contributed by atoms with E-state index in [0.717, 1.165) is 16.5 Å². The maximum atomic E-state index is 13.1. The molecule has 0 saturated heterocycles. The molecular weight excluding hydrogens is 434 g/mol. The molecule has 1 aliphatic heterocycles. The predicted octanol–water partition coefficient (Wildman–Crippen LogP) is 4.00. The maximum absolute atomic E-state index is 13.1. The van der Waals surface area contributed by atoms with Crippen molar-refractivity contribution < 1.29 is 23.9 Å². The Bertz CT molecular complexity index is 1360. The molecule has 0 saturated carbocycles. The molecule has 172 valence electrons. The number of para-hydroxylation sites is 1. The fourth-order valence-corrected chi connectivity index (χ4v) is 3.96. The first-order valence-electron chi connectivity index (χ1n) is 10.8. The molecular formula is C26H23N3O5. The summed E-state index contributed by atoms with van der Waals surface area (Å²) in [6, 6.07) is 20.5. The summed E-state index contributed by atoms with van der Waals surface area (Å²) < 4.78 is 12.8. The Morgan fingerprint density at radius 3 is 2.62 bits per heavy atom. The number of benzene rings is 3. The number of hydrogen-bond donors (Lipinski definition) is 2. The Morgan fingerprint density at radius 2 is 1.79 bits per heavy atom. The molecule has 0 radical (unpaired) electrons. The highest BCUT2D eigenvalue weighted by atomic mass is 16.7. The Morgan fingerprint density at radius 1 is 1.00 bits per heavy atom. The lowest BCUT2D eigenvalue weighted by Crippen LogP contribution is -2.21. The lowest BCUT2D eigenvalue weighted by molar-refractivity contribution is 0.0735. The Labute approximate surface area is 196 Å². The van der Waals surface area contributed by atoms with Crippen LogP contribution in [0.2, 0.25) is 0 Å². The Balaban J connectivity index is 1.37. The van der Waals surface area contributed by atoms with E-state index in [9.17, 15) is 9.59 Å². The second-order valence-corrected chi connectivity index (χ2v) is 7.86. The SMILES string of the molecule is CONCC(=O)c1ccc(Cn2cc(C(=O)Nc3ccc4c(c3)OCO4)c3ccccc32)cc1. The molecule has 34 heavy (non-hydrogen) atoms. The molecule has 5 rings (SSSR count). The second kappa shape index (κ2) is 9.38. The van der Waals surface area contributed by atoms with Gasteiger partial charge in [0.15, 0.2) is 17.3 Å². The Hall–Kier alpha value is -4.14. The summed E-state index contributed by atoms with van der Waals surface area (Å²) >= 11 is 0. The molecule has 0 aliphatic carbocycles. The zero-order valence-corrected chi connectivity index (χ0v) is 18.5. The molecule has 3 aromatic carbocycles. The first-order valence-corrected chi connectivity index (χ1v) is 10.8. The molecule has 0 unspecified atom stereocenters. The van der Waals surface area contributed by atoms with Gasteiger partial charge in [-0.05, 0) is 23.8 Å². The summed E-state index contributed by atoms with van der Waals surface area (Å²) in [7, 11) is 1.47. The van der Waals surface area contributed by atoms with Crippen LogP contribution < -0.4 is 20.3 Å². The van der Waals surface area contributed by atoms with Gasteiger partial charge in [0.05, 0.1) is 19.2 Å². The number of fused-ring (bicyclic) bond motifs is 2. The minimum atomic E-state index is -0.208. The van der Waals surface area contributed by atoms with Crippen molar-refractivity contribution in [3.05, 3.63) is 89.6 Å². The number of Topliss-reactive ketones (excluding diaryl/α,β-unsaturated/α-hetero) is 1. The normalized spacial score (nSPS) is 12.1. The standard InChI is InChI=1S/C26H23N3O5/c1-32-27-13-23(30)18-8-6-17(7-9-18)14-29-15-21(20-4-2-3-5-22(20)29)26(31)28-19-10-11-24-25(12-19)34-16-33-24/h2-12,15,27H,13-14,16H2,1H3,(H,28,31). The van der Waals surface area contributed by atoms with Crippen LogP contribution in [-0.2, 0) is 11.4 Å². The van der Waals surface area contributed by atoms with Crippen LogP contribution in [0.15, 0.2) is 72.9 Å². The van der Waals surface area contributed by atoms with Gasteiger partial charge in [0.2, 0.25) is 6.79 Å². The number of nitrogens with zero attached hydrogens (tertiary/aromatic N) is 1. The Kier molecular flexibility index (Phi) is 5.99. The van der Waals surface area contributed by atoms with Gasteiger partial charge >= 0.3 is 0 Å². The first-order chi connectivity index (χ1) is 16.6. The van der Waals surface area contributed by atoms with Crippen LogP contribution in [0.25, 0.3) is 10.9 Å². The summed E-state index contributed by atoms with van der Waals surface area (Å²) in [6.45, 7) is 0.849. The number of amides is 1. The summed E-state index contributed by atoms with van der Waals surface area (Å²) in [4.78, 5) is 30.0. The average molecular weight is 457 g/mol. The van der Waals surface area contributed by atoms with Crippen LogP contribution in [0.3, 0.4) is 0 Å². The lowest BCUT2D eigenvalue weighted by Gasteiger charge is -2.07. The minimum absolute atomic E-state index is 0.0534. The van der Waals surface area contributed by atoms with E-state index in [4.69, 9.17) is 14.3 Å². The van der Waals surface area contributed by atoms with Gasteiger partial charge in [-0.2, -0.15) is 5.48 Å². The van der Waals surface area contributed by atoms with Crippen molar-refractivity contribution in [1.29, 1.82) is 0 Å². The molecule has 1 aliphatic rings. The zero-order valence-electron chi connectivity index (χ0n) is 18.5. The second-order valence-electron chi connectivity index (χ2n) is 7.86. The predicted molar refractivity (Wildman–Crippen MR) is 127 cm³/mol. The van der Waals surface area contributed by atoms with E-state index in [1.807, 2.05) is 47.2 Å². The number of rotatable bonds is 8. The van der Waals surface area contributed by atoms with Gasteiger partial charge in [-0.15, -0.1) is 0 Å². The van der Waals surface area contributed by atoms with Crippen LogP contribution in [-0.4, -0.2) is 36.7 Å². The quantitative estimate of drug-likeness (QED) is 0.307. The maximum Gasteiger partial charge on any atom is 0.257 e. The zero-order chi connectivity index (χ0) is 23.5. The van der Waals surface area contributed by atoms with Crippen molar-refractivity contribution in [2.75, 3.05) is 25.8 Å². The molecule has 8 heteroatoms. The third kappa shape index (κ3) is 4.36. The molecule has 2 N–H and O–H groups in total. The third-order valence-corrected chi connectivity index (χ3v) is 5.67. The van der Waals surface area contributed by atoms with Crippen LogP contribution in [0.5, 0.6) is 11.5 Å². The van der Waals surface area contributed by atoms with E-state index in [1.54, 1.807) is 30.3 Å². The van der Waals surface area contributed by atoms with Crippen molar-refractivity contribution in [1.82, 2.24) is 10.0 Å². The summed E-state index contributed by atoms with van der Waals surface area (Å²) in [6.07, 6.45) is 1.86. The van der Waals surface area contributed by atoms with Gasteiger partial charge in [-0.25, -0.2) is 0 Å². The molecule has 0 bridgehead atoms. The van der Waals surface area contributed by atoms with Gasteiger partial charge in [-0.3, -0.25) is 9.59 Å². The molecule has 2 heterocycles. The summed E-state index contributed by atoms with van der Waals surface area (Å²) in [5.41, 5.74) is 6.33. The van der Waals surface area contributed by atoms with Gasteiger partial charge in [0, 0.05) is 41.0 Å². The number of carbonyl (C=O) groups excluding carboxylic acids is 2. The lowest BCUT2D eigenvalue weighted by atomic mass is 10.1. The molecule has 8 nitrogen and oxygen atoms in total. The number of ether oxygens (including phenoxy) is 2. The van der Waals surface area contributed by atoms with Gasteiger partial charge < -0.3 is 24.2 Å². The monoisotopic (exact) mass is 457 g/mol. The van der Waals surface area contributed by atoms with E-state index in [0.29, 0.717) is 34.9 Å². The summed E-state index contributed by atoms with van der Waals surface area (Å²) in [5, 5.41) is 3.81. The molecule has 0 spiro atoms. The fourth-order valence-electron chi connectivity index (χ4n) is 3.96. The highest BCUT2D eigenvalue weighted by Crippen LogP contribution is 2.34. The number of hydrogen-bond acceptors (Lipinski definition) is 6. The smallest absolute Gasteiger partial charge is 0.257 e. The highest BCUT2D eigenvalue weighted by molar-refractivity contribution is 6.13. The van der Waals surface area contributed by atoms with Crippen LogP contribution in [0, 0.1) is 0 Å². The largest absolute Gasteiger partial charge is 0.454 e. The van der Waals surface area contributed by atoms with E-state index >= 15 is 0 Å². The minimum Gasteiger partial charge on any atom is -0.454 e. The molecule has 0 atom stereocenters. The van der Waals surface area contributed by atoms with Crippen molar-refractivity contribution in [3.8, 4) is 11.5 Å². The number of aromatic nitrogens is 1. The summed E-state index contributed by atoms with van der Waals surface area (Å²) in [5.74, 6) is 1.01. The van der Waals surface area contributed by atoms with Crippen LogP contribution >= 0.6 is 0 Å². The van der Waals surface area contributed by atoms with Crippen LogP contribution in [0.1, 0.15) is 26.3 Å². The molecule has 1 aromatic heterocycles. The molecule has 1 amide bonds. The van der Waals surface area contributed by atoms with Crippen molar-refractivity contribution in [2.45, 2.75) is 6.54 Å². The van der Waals surface area contributed by atoms with Gasteiger partial charge in [0.25, 0.3) is 5.91 Å². The molecule has 0 fully saturated rings. The highest BCUT2D eigenvalue weighted by Gasteiger charge is 2.18. The van der Waals surface area contributed by atoms with Crippen molar-refractivity contribution in [3.63, 3.8) is 0 Å². The average Bonchev–Trinajstić information content (AvgIpc) is 3.47. The van der Waals surface area contributed by atoms with E-state index in [2.05, 4.69) is 10.8 Å². The van der Waals surface area contributed by atoms with Gasteiger partial charge in [0.1, 0.15) is 0 Å². The van der Waals surface area contributed by atoms with Crippen molar-refractivity contribution in [2.24, 2.45) is 0 Å². The number of nitrogens with one attached hydrogen (secondary N) is 2. The third-order valence-electron chi connectivity index (χ3n) is 5.67. The molecule has 4 aromatic rings. The number of hydroxylamine groups is 1. The van der Waals surface area contributed by atoms with E-state index in [1.165, 1.54) is 7.11 Å². The number of ketones is 1. The van der Waals surface area contributed by atoms with E-state index in [-0.39, 0.29) is 25.0 Å². The van der Waals surface area contributed by atoms with Gasteiger partial charge in [-0.1, -0.05) is 42.5 Å². The fraction of sp³-hybridized carbons (Fsp3) is 0.154. The first kappa shape index (κ1) is 21.7. The van der Waals surface area contributed by atoms with Crippen LogP contribution in [0.4, 0.5) is 5.69 Å². The topological polar surface area (TPSA) is 90.8 Å².